The Morgan fingerprint density at radius 1 is 1.26 bits per heavy atom. The molecular weight excluding hydrogens is 292 g/mol. The Morgan fingerprint density at radius 3 is 2.52 bits per heavy atom. The van der Waals surface area contributed by atoms with E-state index in [4.69, 9.17) is 0 Å². The van der Waals surface area contributed by atoms with Crippen molar-refractivity contribution in [1.82, 2.24) is 10.2 Å². The number of aliphatic hydroxyl groups excluding tert-OH is 1. The van der Waals surface area contributed by atoms with E-state index in [0.717, 1.165) is 5.56 Å². The average Bonchev–Trinajstić information content (AvgIpc) is 2.86. The standard InChI is InChI=1S/C18H26N2O3/c1-18(2,3)10-16(22)20-12-14(21)9-15(20)17(23)19-11-13-7-5-4-6-8-13/h4-8,14-15,21H,9-12H2,1-3H3,(H,19,23)/t14-,15+/m1/s1. The molecule has 0 unspecified atom stereocenters. The van der Waals surface area contributed by atoms with Crippen molar-refractivity contribution in [3.05, 3.63) is 35.9 Å². The molecule has 0 radical (unpaired) electrons. The highest BCUT2D eigenvalue weighted by Gasteiger charge is 2.39. The van der Waals surface area contributed by atoms with Gasteiger partial charge in [0, 0.05) is 25.9 Å². The van der Waals surface area contributed by atoms with Crippen molar-refractivity contribution < 1.29 is 14.7 Å². The maximum atomic E-state index is 12.4. The summed E-state index contributed by atoms with van der Waals surface area (Å²) < 4.78 is 0. The highest BCUT2D eigenvalue weighted by molar-refractivity contribution is 5.88. The molecule has 0 aliphatic carbocycles. The number of hydrogen-bond donors (Lipinski definition) is 2. The Kier molecular flexibility index (Phi) is 5.42. The van der Waals surface area contributed by atoms with Crippen LogP contribution >= 0.6 is 0 Å². The molecule has 0 spiro atoms. The zero-order valence-electron chi connectivity index (χ0n) is 14.1. The molecule has 2 N–H and O–H groups in total. The number of nitrogens with one attached hydrogen (secondary N) is 1. The van der Waals surface area contributed by atoms with Crippen molar-refractivity contribution in [3.63, 3.8) is 0 Å². The highest BCUT2D eigenvalue weighted by atomic mass is 16.3. The summed E-state index contributed by atoms with van der Waals surface area (Å²) >= 11 is 0. The van der Waals surface area contributed by atoms with Crippen LogP contribution < -0.4 is 5.32 Å². The van der Waals surface area contributed by atoms with E-state index in [2.05, 4.69) is 5.32 Å². The molecule has 23 heavy (non-hydrogen) atoms. The minimum atomic E-state index is -0.633. The van der Waals surface area contributed by atoms with E-state index in [0.29, 0.717) is 19.4 Å². The minimum Gasteiger partial charge on any atom is -0.391 e. The summed E-state index contributed by atoms with van der Waals surface area (Å²) in [6, 6.07) is 9.05. The molecule has 126 valence electrons. The first kappa shape index (κ1) is 17.5. The lowest BCUT2D eigenvalue weighted by atomic mass is 9.91. The van der Waals surface area contributed by atoms with Gasteiger partial charge in [0.1, 0.15) is 6.04 Å². The van der Waals surface area contributed by atoms with Crippen LogP contribution in [0.4, 0.5) is 0 Å². The summed E-state index contributed by atoms with van der Waals surface area (Å²) in [6.45, 7) is 6.62. The second-order valence-corrected chi connectivity index (χ2v) is 7.39. The largest absolute Gasteiger partial charge is 0.391 e. The summed E-state index contributed by atoms with van der Waals surface area (Å²) in [7, 11) is 0. The lowest BCUT2D eigenvalue weighted by molar-refractivity contribution is -0.140. The van der Waals surface area contributed by atoms with Gasteiger partial charge in [-0.25, -0.2) is 0 Å². The number of hydrogen-bond acceptors (Lipinski definition) is 3. The molecule has 1 aromatic rings. The molecule has 1 saturated heterocycles. The van der Waals surface area contributed by atoms with Gasteiger partial charge in [-0.1, -0.05) is 51.1 Å². The molecule has 2 rings (SSSR count). The number of benzene rings is 1. The van der Waals surface area contributed by atoms with Gasteiger partial charge in [0.15, 0.2) is 0 Å². The lowest BCUT2D eigenvalue weighted by Crippen LogP contribution is -2.46. The molecule has 1 heterocycles. The van der Waals surface area contributed by atoms with Crippen LogP contribution in [0.3, 0.4) is 0 Å². The van der Waals surface area contributed by atoms with Gasteiger partial charge in [-0.2, -0.15) is 0 Å². The van der Waals surface area contributed by atoms with Gasteiger partial charge in [-0.3, -0.25) is 9.59 Å². The van der Waals surface area contributed by atoms with Crippen LogP contribution in [0.25, 0.3) is 0 Å². The van der Waals surface area contributed by atoms with Crippen LogP contribution in [0.1, 0.15) is 39.2 Å². The molecule has 1 aliphatic rings. The number of likely N-dealkylation sites (tertiary alicyclic amines) is 1. The SMILES string of the molecule is CC(C)(C)CC(=O)N1C[C@H](O)C[C@H]1C(=O)NCc1ccccc1. The summed E-state index contributed by atoms with van der Waals surface area (Å²) in [4.78, 5) is 26.4. The Hall–Kier alpha value is -1.88. The number of amides is 2. The van der Waals surface area contributed by atoms with Gasteiger partial charge < -0.3 is 15.3 Å². The van der Waals surface area contributed by atoms with Gasteiger partial charge in [-0.15, -0.1) is 0 Å². The Bertz CT molecular complexity index is 551. The van der Waals surface area contributed by atoms with Crippen molar-refractivity contribution in [2.75, 3.05) is 6.54 Å². The van der Waals surface area contributed by atoms with Crippen LogP contribution in [0.5, 0.6) is 0 Å². The monoisotopic (exact) mass is 318 g/mol. The van der Waals surface area contributed by atoms with E-state index in [-0.39, 0.29) is 23.8 Å². The van der Waals surface area contributed by atoms with Gasteiger partial charge in [0.25, 0.3) is 0 Å². The average molecular weight is 318 g/mol. The Balaban J connectivity index is 1.98. The van der Waals surface area contributed by atoms with E-state index < -0.39 is 12.1 Å². The second kappa shape index (κ2) is 7.13. The van der Waals surface area contributed by atoms with E-state index in [1.807, 2.05) is 51.1 Å². The van der Waals surface area contributed by atoms with Crippen molar-refractivity contribution in [3.8, 4) is 0 Å². The fraction of sp³-hybridized carbons (Fsp3) is 0.556. The fourth-order valence-corrected chi connectivity index (χ4v) is 2.80. The minimum absolute atomic E-state index is 0.0751. The number of aliphatic hydroxyl groups is 1. The summed E-state index contributed by atoms with van der Waals surface area (Å²) in [5, 5.41) is 12.7. The van der Waals surface area contributed by atoms with Crippen LogP contribution in [-0.2, 0) is 16.1 Å². The third-order valence-corrected chi connectivity index (χ3v) is 3.89. The Morgan fingerprint density at radius 2 is 1.91 bits per heavy atom. The van der Waals surface area contributed by atoms with Crippen molar-refractivity contribution in [1.29, 1.82) is 0 Å². The van der Waals surface area contributed by atoms with Crippen molar-refractivity contribution in [2.24, 2.45) is 5.41 Å². The summed E-state index contributed by atoms with van der Waals surface area (Å²) in [5.41, 5.74) is 0.863. The second-order valence-electron chi connectivity index (χ2n) is 7.39. The maximum absolute atomic E-state index is 12.4. The smallest absolute Gasteiger partial charge is 0.243 e. The fourth-order valence-electron chi connectivity index (χ4n) is 2.80. The maximum Gasteiger partial charge on any atom is 0.243 e. The van der Waals surface area contributed by atoms with Crippen molar-refractivity contribution in [2.45, 2.75) is 52.3 Å². The van der Waals surface area contributed by atoms with Crippen LogP contribution in [0, 0.1) is 5.41 Å². The predicted octanol–water partition coefficient (Wildman–Crippen LogP) is 1.70. The molecule has 1 fully saturated rings. The van der Waals surface area contributed by atoms with Gasteiger partial charge in [0.05, 0.1) is 6.10 Å². The topological polar surface area (TPSA) is 69.6 Å². The summed E-state index contributed by atoms with van der Waals surface area (Å²) in [6.07, 6.45) is 0.0324. The zero-order valence-corrected chi connectivity index (χ0v) is 14.1. The molecule has 2 atom stereocenters. The number of rotatable bonds is 4. The molecule has 1 aliphatic heterocycles. The molecule has 1 aromatic carbocycles. The first-order valence-electron chi connectivity index (χ1n) is 8.05. The third-order valence-electron chi connectivity index (χ3n) is 3.89. The van der Waals surface area contributed by atoms with Gasteiger partial charge in [0.2, 0.25) is 11.8 Å². The van der Waals surface area contributed by atoms with E-state index >= 15 is 0 Å². The van der Waals surface area contributed by atoms with E-state index in [1.165, 1.54) is 4.90 Å². The lowest BCUT2D eigenvalue weighted by Gasteiger charge is -2.27. The molecule has 2 amide bonds. The van der Waals surface area contributed by atoms with Crippen molar-refractivity contribution >= 4 is 11.8 Å². The van der Waals surface area contributed by atoms with Crippen LogP contribution in [0.15, 0.2) is 30.3 Å². The van der Waals surface area contributed by atoms with E-state index in [9.17, 15) is 14.7 Å². The predicted molar refractivity (Wildman–Crippen MR) is 88.5 cm³/mol. The zero-order chi connectivity index (χ0) is 17.0. The molecule has 5 heteroatoms. The first-order valence-corrected chi connectivity index (χ1v) is 8.05. The third kappa shape index (κ3) is 5.06. The first-order chi connectivity index (χ1) is 10.8. The number of carbonyl (C=O) groups is 2. The van der Waals surface area contributed by atoms with Gasteiger partial charge >= 0.3 is 0 Å². The quantitative estimate of drug-likeness (QED) is 0.888. The normalized spacial score (nSPS) is 21.3. The van der Waals surface area contributed by atoms with Crippen LogP contribution in [-0.4, -0.2) is 40.5 Å². The molecule has 0 bridgehead atoms. The molecule has 5 nitrogen and oxygen atoms in total. The summed E-state index contributed by atoms with van der Waals surface area (Å²) in [5.74, 6) is -0.276. The highest BCUT2D eigenvalue weighted by Crippen LogP contribution is 2.25. The molecule has 0 aromatic heterocycles. The van der Waals surface area contributed by atoms with E-state index in [1.54, 1.807) is 0 Å². The van der Waals surface area contributed by atoms with Gasteiger partial charge in [-0.05, 0) is 11.0 Å². The number of β-amino-alcohol motifs (C(OH)–C–C–N with tert-alkyl or cyclic N) is 1. The molecule has 0 saturated carbocycles. The molecular formula is C18H26N2O3. The number of carbonyl (C=O) groups excluding carboxylic acids is 2. The number of nitrogens with zero attached hydrogens (tertiary/aromatic N) is 1. The Labute approximate surface area is 137 Å². The van der Waals surface area contributed by atoms with Crippen LogP contribution in [0.2, 0.25) is 0 Å².